The number of nitrogens with one attached hydrogen (secondary N) is 1. The van der Waals surface area contributed by atoms with E-state index in [-0.39, 0.29) is 30.1 Å². The molecule has 1 N–H and O–H groups in total. The van der Waals surface area contributed by atoms with Crippen LogP contribution in [0.5, 0.6) is 0 Å². The summed E-state index contributed by atoms with van der Waals surface area (Å²) in [5.74, 6) is -0.625. The topological polar surface area (TPSA) is 52.7 Å². The van der Waals surface area contributed by atoms with Crippen molar-refractivity contribution in [2.45, 2.75) is 12.5 Å². The van der Waals surface area contributed by atoms with E-state index >= 15 is 0 Å². The molecule has 1 aromatic rings. The largest absolute Gasteiger partial charge is 0.369 e. The van der Waals surface area contributed by atoms with Crippen molar-refractivity contribution in [1.82, 2.24) is 10.2 Å². The summed E-state index contributed by atoms with van der Waals surface area (Å²) in [4.78, 5) is 27.1. The predicted molar refractivity (Wildman–Crippen MR) is 71.7 cm³/mol. The summed E-state index contributed by atoms with van der Waals surface area (Å²) < 4.78 is 12.9. The molecule has 2 amide bonds. The Bertz CT molecular complexity index is 524. The highest BCUT2D eigenvalue weighted by molar-refractivity contribution is 6.05. The minimum atomic E-state index is -0.321. The number of carbonyl (C=O) groups excluding carboxylic acids is 2. The molecule has 0 spiro atoms. The van der Waals surface area contributed by atoms with E-state index in [4.69, 9.17) is 0 Å². The van der Waals surface area contributed by atoms with Gasteiger partial charge in [0.1, 0.15) is 5.82 Å². The van der Waals surface area contributed by atoms with Gasteiger partial charge in [0.2, 0.25) is 11.8 Å². The van der Waals surface area contributed by atoms with Crippen LogP contribution >= 0.6 is 0 Å². The third-order valence-electron chi connectivity index (χ3n) is 3.89. The lowest BCUT2D eigenvalue weighted by Gasteiger charge is -2.37. The van der Waals surface area contributed by atoms with Crippen molar-refractivity contribution in [2.75, 3.05) is 31.1 Å². The first-order chi connectivity index (χ1) is 9.63. The van der Waals surface area contributed by atoms with Crippen LogP contribution in [0.15, 0.2) is 24.3 Å². The molecule has 1 aromatic carbocycles. The number of nitrogens with zero attached hydrogens (tertiary/aromatic N) is 2. The molecule has 0 aromatic heterocycles. The zero-order valence-electron chi connectivity index (χ0n) is 11.0. The second-order valence-electron chi connectivity index (χ2n) is 5.13. The molecule has 1 atom stereocenters. The molecule has 2 aliphatic heterocycles. The Hall–Kier alpha value is -1.95. The summed E-state index contributed by atoms with van der Waals surface area (Å²) in [7, 11) is 0. The zero-order chi connectivity index (χ0) is 14.1. The van der Waals surface area contributed by atoms with Crippen LogP contribution in [0.1, 0.15) is 6.42 Å². The van der Waals surface area contributed by atoms with Crippen molar-refractivity contribution < 1.29 is 14.0 Å². The van der Waals surface area contributed by atoms with Crippen molar-refractivity contribution in [3.8, 4) is 0 Å². The number of piperazine rings is 1. The molecule has 5 nitrogen and oxygen atoms in total. The number of anilines is 1. The maximum atomic E-state index is 12.9. The number of imide groups is 1. The molecule has 6 heteroatoms. The van der Waals surface area contributed by atoms with Crippen molar-refractivity contribution in [3.63, 3.8) is 0 Å². The number of amides is 2. The van der Waals surface area contributed by atoms with Gasteiger partial charge >= 0.3 is 0 Å². The normalized spacial score (nSPS) is 24.1. The lowest BCUT2D eigenvalue weighted by Crippen LogP contribution is -2.52. The molecule has 0 aliphatic carbocycles. The van der Waals surface area contributed by atoms with E-state index in [9.17, 15) is 14.0 Å². The van der Waals surface area contributed by atoms with Gasteiger partial charge in [0.05, 0.1) is 12.5 Å². The van der Waals surface area contributed by atoms with Gasteiger partial charge in [0.15, 0.2) is 0 Å². The van der Waals surface area contributed by atoms with E-state index in [1.54, 1.807) is 12.1 Å². The van der Waals surface area contributed by atoms with E-state index in [1.807, 2.05) is 4.90 Å². The molecule has 3 rings (SSSR count). The summed E-state index contributed by atoms with van der Waals surface area (Å²) in [6, 6.07) is 6.10. The highest BCUT2D eigenvalue weighted by atomic mass is 19.1. The van der Waals surface area contributed by atoms with Crippen molar-refractivity contribution in [3.05, 3.63) is 30.1 Å². The number of halogens is 1. The molecular formula is C14H16FN3O2. The van der Waals surface area contributed by atoms with Crippen molar-refractivity contribution in [2.24, 2.45) is 0 Å². The van der Waals surface area contributed by atoms with Crippen LogP contribution in [0.2, 0.25) is 0 Å². The molecule has 2 saturated heterocycles. The van der Waals surface area contributed by atoms with Crippen molar-refractivity contribution >= 4 is 17.5 Å². The van der Waals surface area contributed by atoms with Crippen LogP contribution in [-0.4, -0.2) is 48.9 Å². The Morgan fingerprint density at radius 3 is 2.25 bits per heavy atom. The van der Waals surface area contributed by atoms with Gasteiger partial charge in [-0.1, -0.05) is 0 Å². The summed E-state index contributed by atoms with van der Waals surface area (Å²) in [5.41, 5.74) is 0.984. The molecule has 106 valence electrons. The van der Waals surface area contributed by atoms with Crippen LogP contribution in [0.25, 0.3) is 0 Å². The van der Waals surface area contributed by atoms with E-state index < -0.39 is 0 Å². The Morgan fingerprint density at radius 1 is 1.05 bits per heavy atom. The molecular weight excluding hydrogens is 261 g/mol. The number of benzene rings is 1. The van der Waals surface area contributed by atoms with Gasteiger partial charge in [-0.05, 0) is 24.3 Å². The number of carbonyl (C=O) groups is 2. The highest BCUT2D eigenvalue weighted by Gasteiger charge is 2.36. The maximum Gasteiger partial charge on any atom is 0.244 e. The maximum absolute atomic E-state index is 12.9. The summed E-state index contributed by atoms with van der Waals surface area (Å²) in [6.07, 6.45) is 0.259. The molecule has 0 bridgehead atoms. The monoisotopic (exact) mass is 277 g/mol. The van der Waals surface area contributed by atoms with Crippen LogP contribution in [0, 0.1) is 5.82 Å². The predicted octanol–water partition coefficient (Wildman–Crippen LogP) is 0.363. The lowest BCUT2D eigenvalue weighted by molar-refractivity contribution is -0.126. The third kappa shape index (κ3) is 2.51. The summed E-state index contributed by atoms with van der Waals surface area (Å²) in [6.45, 7) is 2.98. The van der Waals surface area contributed by atoms with E-state index in [2.05, 4.69) is 10.2 Å². The standard InChI is InChI=1S/C14H16FN3O2/c15-10-1-3-11(4-2-10)17-5-7-18(8-6-17)12-9-13(19)16-14(12)20/h1-4,12H,5-9H2,(H,16,19,20). The Labute approximate surface area is 116 Å². The minimum absolute atomic E-state index is 0.190. The second kappa shape index (κ2) is 5.20. The SMILES string of the molecule is O=C1CC(N2CCN(c3ccc(F)cc3)CC2)C(=O)N1. The molecule has 0 radical (unpaired) electrons. The first-order valence-electron chi connectivity index (χ1n) is 6.72. The van der Waals surface area contributed by atoms with Gasteiger partial charge in [-0.2, -0.15) is 0 Å². The summed E-state index contributed by atoms with van der Waals surface area (Å²) in [5, 5.41) is 2.34. The number of hydrogen-bond acceptors (Lipinski definition) is 4. The average Bonchev–Trinajstić information content (AvgIpc) is 2.79. The smallest absolute Gasteiger partial charge is 0.244 e. The van der Waals surface area contributed by atoms with Crippen LogP contribution in [0.3, 0.4) is 0 Å². The van der Waals surface area contributed by atoms with E-state index in [0.29, 0.717) is 0 Å². The molecule has 20 heavy (non-hydrogen) atoms. The first kappa shape index (κ1) is 13.1. The van der Waals surface area contributed by atoms with Gasteiger partial charge in [-0.3, -0.25) is 19.8 Å². The molecule has 2 fully saturated rings. The van der Waals surface area contributed by atoms with Crippen molar-refractivity contribution in [1.29, 1.82) is 0 Å². The van der Waals surface area contributed by atoms with Crippen LogP contribution in [0.4, 0.5) is 10.1 Å². The number of hydrogen-bond donors (Lipinski definition) is 1. The van der Waals surface area contributed by atoms with Crippen LogP contribution < -0.4 is 10.2 Å². The Kier molecular flexibility index (Phi) is 3.40. The van der Waals surface area contributed by atoms with Gasteiger partial charge in [-0.15, -0.1) is 0 Å². The fourth-order valence-electron chi connectivity index (χ4n) is 2.78. The second-order valence-corrected chi connectivity index (χ2v) is 5.13. The summed E-state index contributed by atoms with van der Waals surface area (Å²) >= 11 is 0. The quantitative estimate of drug-likeness (QED) is 0.793. The fourth-order valence-corrected chi connectivity index (χ4v) is 2.78. The molecule has 2 heterocycles. The van der Waals surface area contributed by atoms with Crippen LogP contribution in [-0.2, 0) is 9.59 Å². The Morgan fingerprint density at radius 2 is 1.70 bits per heavy atom. The fraction of sp³-hybridized carbons (Fsp3) is 0.429. The van der Waals surface area contributed by atoms with Gasteiger partial charge < -0.3 is 4.90 Å². The highest BCUT2D eigenvalue weighted by Crippen LogP contribution is 2.19. The lowest BCUT2D eigenvalue weighted by atomic mass is 10.1. The molecule has 1 unspecified atom stereocenters. The molecule has 0 saturated carbocycles. The Balaban J connectivity index is 1.61. The zero-order valence-corrected chi connectivity index (χ0v) is 11.0. The van der Waals surface area contributed by atoms with Gasteiger partial charge in [-0.25, -0.2) is 4.39 Å². The van der Waals surface area contributed by atoms with Gasteiger partial charge in [0.25, 0.3) is 0 Å². The van der Waals surface area contributed by atoms with E-state index in [0.717, 1.165) is 31.9 Å². The number of rotatable bonds is 2. The average molecular weight is 277 g/mol. The minimum Gasteiger partial charge on any atom is -0.369 e. The van der Waals surface area contributed by atoms with E-state index in [1.165, 1.54) is 12.1 Å². The first-order valence-corrected chi connectivity index (χ1v) is 6.72. The third-order valence-corrected chi connectivity index (χ3v) is 3.89. The molecule has 2 aliphatic rings. The van der Waals surface area contributed by atoms with Gasteiger partial charge in [0, 0.05) is 31.9 Å².